The SMILES string of the molecule is CCCCCCCCOc1c(Cl)cc(/C=N/O)cc1OC. The van der Waals surface area contributed by atoms with Crippen LogP contribution in [0.3, 0.4) is 0 Å². The van der Waals surface area contributed by atoms with Gasteiger partial charge in [-0.2, -0.15) is 0 Å². The van der Waals surface area contributed by atoms with Crippen molar-refractivity contribution in [2.24, 2.45) is 5.16 Å². The van der Waals surface area contributed by atoms with Crippen molar-refractivity contribution in [3.05, 3.63) is 22.7 Å². The van der Waals surface area contributed by atoms with Gasteiger partial charge in [-0.05, 0) is 18.6 Å². The summed E-state index contributed by atoms with van der Waals surface area (Å²) in [5, 5.41) is 12.0. The normalized spacial score (nSPS) is 11.0. The van der Waals surface area contributed by atoms with Crippen molar-refractivity contribution in [2.45, 2.75) is 45.4 Å². The van der Waals surface area contributed by atoms with E-state index in [1.165, 1.54) is 31.9 Å². The fourth-order valence-electron chi connectivity index (χ4n) is 2.08. The number of benzene rings is 1. The van der Waals surface area contributed by atoms with E-state index in [1.807, 2.05) is 0 Å². The van der Waals surface area contributed by atoms with E-state index < -0.39 is 0 Å². The summed E-state index contributed by atoms with van der Waals surface area (Å²) in [6.07, 6.45) is 8.55. The highest BCUT2D eigenvalue weighted by Crippen LogP contribution is 2.36. The highest BCUT2D eigenvalue weighted by Gasteiger charge is 2.11. The molecule has 0 aliphatic rings. The molecule has 4 nitrogen and oxygen atoms in total. The monoisotopic (exact) mass is 313 g/mol. The van der Waals surface area contributed by atoms with Crippen LogP contribution in [0.15, 0.2) is 17.3 Å². The van der Waals surface area contributed by atoms with Crippen LogP contribution < -0.4 is 9.47 Å². The van der Waals surface area contributed by atoms with Gasteiger partial charge in [0.2, 0.25) is 0 Å². The van der Waals surface area contributed by atoms with Crippen molar-refractivity contribution in [1.82, 2.24) is 0 Å². The molecule has 0 heterocycles. The molecule has 118 valence electrons. The molecular formula is C16H24ClNO3. The molecule has 0 amide bonds. The molecule has 0 unspecified atom stereocenters. The zero-order valence-corrected chi connectivity index (χ0v) is 13.5. The van der Waals surface area contributed by atoms with Crippen molar-refractivity contribution >= 4 is 17.8 Å². The van der Waals surface area contributed by atoms with Gasteiger partial charge >= 0.3 is 0 Å². The van der Waals surface area contributed by atoms with Crippen LogP contribution in [0.1, 0.15) is 51.0 Å². The van der Waals surface area contributed by atoms with E-state index in [4.69, 9.17) is 26.3 Å². The van der Waals surface area contributed by atoms with Gasteiger partial charge in [0.1, 0.15) is 0 Å². The lowest BCUT2D eigenvalue weighted by molar-refractivity contribution is 0.285. The first-order valence-electron chi connectivity index (χ1n) is 7.40. The number of nitrogens with zero attached hydrogens (tertiary/aromatic N) is 1. The third-order valence-electron chi connectivity index (χ3n) is 3.20. The molecule has 0 aliphatic carbocycles. The van der Waals surface area contributed by atoms with E-state index in [2.05, 4.69) is 12.1 Å². The van der Waals surface area contributed by atoms with E-state index in [-0.39, 0.29) is 0 Å². The summed E-state index contributed by atoms with van der Waals surface area (Å²) in [6.45, 7) is 2.83. The maximum absolute atomic E-state index is 8.56. The molecule has 1 rings (SSSR count). The number of methoxy groups -OCH3 is 1. The summed E-state index contributed by atoms with van der Waals surface area (Å²) in [4.78, 5) is 0. The van der Waals surface area contributed by atoms with Gasteiger partial charge in [-0.15, -0.1) is 0 Å². The van der Waals surface area contributed by atoms with Crippen molar-refractivity contribution in [3.63, 3.8) is 0 Å². The summed E-state index contributed by atoms with van der Waals surface area (Å²) < 4.78 is 11.0. The second-order valence-corrected chi connectivity index (χ2v) is 5.30. The third-order valence-corrected chi connectivity index (χ3v) is 3.48. The van der Waals surface area contributed by atoms with Crippen molar-refractivity contribution in [2.75, 3.05) is 13.7 Å². The third kappa shape index (κ3) is 6.25. The number of rotatable bonds is 10. The van der Waals surface area contributed by atoms with E-state index in [9.17, 15) is 0 Å². The molecule has 5 heteroatoms. The Bertz CT molecular complexity index is 449. The van der Waals surface area contributed by atoms with Gasteiger partial charge in [0.15, 0.2) is 11.5 Å². The number of unbranched alkanes of at least 4 members (excludes halogenated alkanes) is 5. The van der Waals surface area contributed by atoms with Gasteiger partial charge in [0, 0.05) is 5.56 Å². The number of ether oxygens (including phenoxy) is 2. The molecule has 0 aromatic heterocycles. The maximum Gasteiger partial charge on any atom is 0.179 e. The first-order valence-corrected chi connectivity index (χ1v) is 7.78. The fourth-order valence-corrected chi connectivity index (χ4v) is 2.35. The molecule has 0 bridgehead atoms. The van der Waals surface area contributed by atoms with Gasteiger partial charge < -0.3 is 14.7 Å². The molecule has 0 atom stereocenters. The minimum Gasteiger partial charge on any atom is -0.493 e. The van der Waals surface area contributed by atoms with E-state index >= 15 is 0 Å². The number of halogens is 1. The lowest BCUT2D eigenvalue weighted by Gasteiger charge is -2.13. The van der Waals surface area contributed by atoms with Gasteiger partial charge in [-0.25, -0.2) is 0 Å². The predicted molar refractivity (Wildman–Crippen MR) is 86.3 cm³/mol. The summed E-state index contributed by atoms with van der Waals surface area (Å²) in [6, 6.07) is 3.41. The average molecular weight is 314 g/mol. The van der Waals surface area contributed by atoms with Crippen LogP contribution in [-0.4, -0.2) is 25.1 Å². The highest BCUT2D eigenvalue weighted by atomic mass is 35.5. The fraction of sp³-hybridized carbons (Fsp3) is 0.562. The first-order chi connectivity index (χ1) is 10.2. The molecule has 0 spiro atoms. The second-order valence-electron chi connectivity index (χ2n) is 4.89. The largest absolute Gasteiger partial charge is 0.493 e. The van der Waals surface area contributed by atoms with Crippen LogP contribution in [0.4, 0.5) is 0 Å². The highest BCUT2D eigenvalue weighted by molar-refractivity contribution is 6.32. The zero-order chi connectivity index (χ0) is 15.5. The summed E-state index contributed by atoms with van der Waals surface area (Å²) in [5.74, 6) is 1.09. The Morgan fingerprint density at radius 1 is 1.19 bits per heavy atom. The van der Waals surface area contributed by atoms with Crippen LogP contribution in [0, 0.1) is 0 Å². The van der Waals surface area contributed by atoms with Crippen LogP contribution >= 0.6 is 11.6 Å². The molecule has 0 radical (unpaired) electrons. The van der Waals surface area contributed by atoms with Crippen LogP contribution in [0.25, 0.3) is 0 Å². The Labute approximate surface area is 131 Å². The number of oxime groups is 1. The number of hydrogen-bond donors (Lipinski definition) is 1. The first kappa shape index (κ1) is 17.6. The van der Waals surface area contributed by atoms with Gasteiger partial charge in [0.25, 0.3) is 0 Å². The Morgan fingerprint density at radius 2 is 1.90 bits per heavy atom. The van der Waals surface area contributed by atoms with E-state index in [0.717, 1.165) is 12.8 Å². The Balaban J connectivity index is 2.50. The Kier molecular flexibility index (Phi) is 8.67. The molecule has 0 fully saturated rings. The molecule has 1 aromatic rings. The standard InChI is InChI=1S/C16H24ClNO3/c1-3-4-5-6-7-8-9-21-16-14(17)10-13(12-18-19)11-15(16)20-2/h10-12,19H,3-9H2,1-2H3/b18-12+. The molecule has 0 saturated heterocycles. The second kappa shape index (κ2) is 10.3. The van der Waals surface area contributed by atoms with Gasteiger partial charge in [0.05, 0.1) is 25.0 Å². The molecule has 0 aliphatic heterocycles. The van der Waals surface area contributed by atoms with Gasteiger partial charge in [-0.3, -0.25) is 0 Å². The average Bonchev–Trinajstić information content (AvgIpc) is 2.48. The minimum atomic E-state index is 0.454. The molecule has 1 N–H and O–H groups in total. The molecule has 0 saturated carbocycles. The van der Waals surface area contributed by atoms with Crippen molar-refractivity contribution in [1.29, 1.82) is 0 Å². The molecule has 21 heavy (non-hydrogen) atoms. The smallest absolute Gasteiger partial charge is 0.179 e. The van der Waals surface area contributed by atoms with Gasteiger partial charge in [-0.1, -0.05) is 55.8 Å². The van der Waals surface area contributed by atoms with Crippen LogP contribution in [0.2, 0.25) is 5.02 Å². The van der Waals surface area contributed by atoms with Crippen LogP contribution in [-0.2, 0) is 0 Å². The summed E-state index contributed by atoms with van der Waals surface area (Å²) >= 11 is 6.18. The Morgan fingerprint density at radius 3 is 2.57 bits per heavy atom. The van der Waals surface area contributed by atoms with Crippen molar-refractivity contribution < 1.29 is 14.7 Å². The molecule has 1 aromatic carbocycles. The van der Waals surface area contributed by atoms with E-state index in [1.54, 1.807) is 19.2 Å². The minimum absolute atomic E-state index is 0.454. The molecular weight excluding hydrogens is 290 g/mol. The van der Waals surface area contributed by atoms with Crippen molar-refractivity contribution in [3.8, 4) is 11.5 Å². The predicted octanol–water partition coefficient (Wildman–Crippen LogP) is 4.90. The Hall–Kier alpha value is -1.42. The summed E-state index contributed by atoms with van der Waals surface area (Å²) in [5.41, 5.74) is 0.659. The quantitative estimate of drug-likeness (QED) is 0.289. The zero-order valence-electron chi connectivity index (χ0n) is 12.8. The lowest BCUT2D eigenvalue weighted by Crippen LogP contribution is -2.01. The topological polar surface area (TPSA) is 51.0 Å². The van der Waals surface area contributed by atoms with E-state index in [0.29, 0.717) is 28.7 Å². The summed E-state index contributed by atoms with van der Waals surface area (Å²) in [7, 11) is 1.56. The lowest BCUT2D eigenvalue weighted by atomic mass is 10.1. The maximum atomic E-state index is 8.56. The number of hydrogen-bond acceptors (Lipinski definition) is 4. The van der Waals surface area contributed by atoms with Crippen LogP contribution in [0.5, 0.6) is 11.5 Å².